The first-order chi connectivity index (χ1) is 14.5. The molecule has 1 N–H and O–H groups in total. The highest BCUT2D eigenvalue weighted by molar-refractivity contribution is 6.31. The fourth-order valence-electron chi connectivity index (χ4n) is 2.84. The van der Waals surface area contributed by atoms with Crippen LogP contribution in [-0.2, 0) is 17.5 Å². The summed E-state index contributed by atoms with van der Waals surface area (Å²) in [5, 5.41) is 6.40. The zero-order chi connectivity index (χ0) is 22.9. The molecule has 1 aromatic carbocycles. The van der Waals surface area contributed by atoms with Gasteiger partial charge in [0.15, 0.2) is 0 Å². The van der Waals surface area contributed by atoms with Crippen LogP contribution in [0, 0.1) is 12.7 Å². The highest BCUT2D eigenvalue weighted by Gasteiger charge is 2.40. The molecule has 31 heavy (non-hydrogen) atoms. The third kappa shape index (κ3) is 4.93. The molecular formula is C19H16ClF4N5O2. The largest absolute Gasteiger partial charge is 0.452 e. The molecule has 0 radical (unpaired) electrons. The number of hydrogen-bond acceptors (Lipinski definition) is 4. The maximum Gasteiger partial charge on any atom is 0.452 e. The predicted octanol–water partition coefficient (Wildman–Crippen LogP) is 3.43. The van der Waals surface area contributed by atoms with Crippen LogP contribution < -0.4 is 11.0 Å². The highest BCUT2D eigenvalue weighted by Crippen LogP contribution is 2.28. The number of halogens is 5. The number of amides is 1. The fourth-order valence-corrected chi connectivity index (χ4v) is 2.96. The molecule has 1 amide bonds. The van der Waals surface area contributed by atoms with Crippen molar-refractivity contribution in [3.63, 3.8) is 0 Å². The summed E-state index contributed by atoms with van der Waals surface area (Å²) in [5.41, 5.74) is 0.271. The van der Waals surface area contributed by atoms with Crippen molar-refractivity contribution in [2.45, 2.75) is 32.6 Å². The van der Waals surface area contributed by atoms with E-state index in [4.69, 9.17) is 11.6 Å². The fraction of sp³-hybridized carbons (Fsp3) is 0.263. The number of nitrogens with zero attached hydrogens (tertiary/aromatic N) is 4. The van der Waals surface area contributed by atoms with Gasteiger partial charge in [-0.15, -0.1) is 5.10 Å². The Kier molecular flexibility index (Phi) is 6.16. The third-order valence-corrected chi connectivity index (χ3v) is 4.81. The molecule has 0 aliphatic carbocycles. The molecule has 2 aromatic heterocycles. The minimum Gasteiger partial charge on any atom is -0.348 e. The first kappa shape index (κ1) is 22.5. The molecule has 7 nitrogen and oxygen atoms in total. The molecule has 164 valence electrons. The second-order valence-corrected chi connectivity index (χ2v) is 7.14. The van der Waals surface area contributed by atoms with E-state index in [2.05, 4.69) is 15.4 Å². The SMILES string of the molecule is Cc1cc([C@H](C)NC(=O)Cn2nc(C(F)(F)F)n(-c3ccc(F)cn3)c2=O)ccc1Cl. The Hall–Kier alpha value is -3.21. The Morgan fingerprint density at radius 2 is 1.97 bits per heavy atom. The molecule has 0 saturated heterocycles. The summed E-state index contributed by atoms with van der Waals surface area (Å²) < 4.78 is 53.8. The van der Waals surface area contributed by atoms with Crippen molar-refractivity contribution in [2.24, 2.45) is 0 Å². The maximum atomic E-state index is 13.4. The third-order valence-electron chi connectivity index (χ3n) is 4.39. The van der Waals surface area contributed by atoms with Crippen LogP contribution in [0.25, 0.3) is 5.82 Å². The molecule has 0 bridgehead atoms. The normalized spacial score (nSPS) is 12.6. The maximum absolute atomic E-state index is 13.4. The smallest absolute Gasteiger partial charge is 0.348 e. The lowest BCUT2D eigenvalue weighted by Crippen LogP contribution is -2.35. The standard InChI is InChI=1S/C19H16ClF4N5O2/c1-10-7-12(3-5-14(10)20)11(2)26-16(30)9-28-18(31)29(17(27-28)19(22,23)24)15-6-4-13(21)8-25-15/h3-8,11H,9H2,1-2H3,(H,26,30)/t11-/m0/s1. The summed E-state index contributed by atoms with van der Waals surface area (Å²) in [4.78, 5) is 28.4. The zero-order valence-electron chi connectivity index (χ0n) is 16.2. The van der Waals surface area contributed by atoms with Gasteiger partial charge in [-0.25, -0.2) is 23.4 Å². The Morgan fingerprint density at radius 3 is 2.55 bits per heavy atom. The van der Waals surface area contributed by atoms with Crippen LogP contribution >= 0.6 is 11.6 Å². The first-order valence-electron chi connectivity index (χ1n) is 8.91. The van der Waals surface area contributed by atoms with Gasteiger partial charge in [0.1, 0.15) is 18.2 Å². The van der Waals surface area contributed by atoms with E-state index in [9.17, 15) is 27.2 Å². The van der Waals surface area contributed by atoms with Gasteiger partial charge in [-0.2, -0.15) is 13.2 Å². The van der Waals surface area contributed by atoms with Crippen LogP contribution in [0.3, 0.4) is 0 Å². The van der Waals surface area contributed by atoms with Crippen molar-refractivity contribution in [2.75, 3.05) is 0 Å². The molecule has 0 fully saturated rings. The number of benzene rings is 1. The molecule has 0 aliphatic heterocycles. The van der Waals surface area contributed by atoms with Crippen LogP contribution in [-0.4, -0.2) is 25.2 Å². The van der Waals surface area contributed by atoms with E-state index in [1.54, 1.807) is 32.0 Å². The van der Waals surface area contributed by atoms with Gasteiger partial charge < -0.3 is 5.32 Å². The first-order valence-corrected chi connectivity index (χ1v) is 9.29. The monoisotopic (exact) mass is 457 g/mol. The lowest BCUT2D eigenvalue weighted by molar-refractivity contribution is -0.146. The van der Waals surface area contributed by atoms with Crippen LogP contribution in [0.15, 0.2) is 41.3 Å². The number of hydrogen-bond donors (Lipinski definition) is 1. The average molecular weight is 458 g/mol. The number of aryl methyl sites for hydroxylation is 1. The lowest BCUT2D eigenvalue weighted by Gasteiger charge is -2.15. The van der Waals surface area contributed by atoms with Crippen molar-refractivity contribution < 1.29 is 22.4 Å². The van der Waals surface area contributed by atoms with Crippen LogP contribution in [0.4, 0.5) is 17.6 Å². The summed E-state index contributed by atoms with van der Waals surface area (Å²) in [5.74, 6) is -3.57. The molecule has 0 spiro atoms. The van der Waals surface area contributed by atoms with Crippen molar-refractivity contribution in [3.05, 3.63) is 74.8 Å². The lowest BCUT2D eigenvalue weighted by atomic mass is 10.1. The van der Waals surface area contributed by atoms with Gasteiger partial charge in [0.25, 0.3) is 0 Å². The van der Waals surface area contributed by atoms with Gasteiger partial charge in [-0.05, 0) is 43.2 Å². The van der Waals surface area contributed by atoms with Gasteiger partial charge in [0.2, 0.25) is 11.7 Å². The number of alkyl halides is 3. The van der Waals surface area contributed by atoms with Crippen LogP contribution in [0.2, 0.25) is 5.02 Å². The van der Waals surface area contributed by atoms with E-state index in [1.807, 2.05) is 0 Å². The molecule has 0 aliphatic rings. The number of rotatable bonds is 5. The van der Waals surface area contributed by atoms with Gasteiger partial charge in [-0.1, -0.05) is 23.7 Å². The number of carbonyl (C=O) groups is 1. The summed E-state index contributed by atoms with van der Waals surface area (Å²) in [6.07, 6.45) is -4.34. The number of carbonyl (C=O) groups excluding carboxylic acids is 1. The molecule has 3 aromatic rings. The minimum atomic E-state index is -5.01. The van der Waals surface area contributed by atoms with Gasteiger partial charge in [0, 0.05) is 5.02 Å². The number of nitrogens with one attached hydrogen (secondary N) is 1. The van der Waals surface area contributed by atoms with Crippen molar-refractivity contribution in [1.29, 1.82) is 0 Å². The van der Waals surface area contributed by atoms with Gasteiger partial charge in [-0.3, -0.25) is 4.79 Å². The zero-order valence-corrected chi connectivity index (χ0v) is 17.0. The number of pyridine rings is 1. The van der Waals surface area contributed by atoms with E-state index in [0.29, 0.717) is 15.9 Å². The van der Waals surface area contributed by atoms with E-state index in [1.165, 1.54) is 0 Å². The van der Waals surface area contributed by atoms with E-state index < -0.39 is 47.8 Å². The van der Waals surface area contributed by atoms with Gasteiger partial charge in [0.05, 0.1) is 12.2 Å². The topological polar surface area (TPSA) is 81.8 Å². The molecule has 0 unspecified atom stereocenters. The second kappa shape index (κ2) is 8.50. The van der Waals surface area contributed by atoms with Crippen molar-refractivity contribution >= 4 is 17.5 Å². The summed E-state index contributed by atoms with van der Waals surface area (Å²) in [7, 11) is 0. The molecule has 2 heterocycles. The Balaban J connectivity index is 1.87. The Bertz CT molecular complexity index is 1170. The Labute approximate surface area is 178 Å². The summed E-state index contributed by atoms with van der Waals surface area (Å²) >= 11 is 5.98. The van der Waals surface area contributed by atoms with Crippen LogP contribution in [0.1, 0.15) is 29.9 Å². The Morgan fingerprint density at radius 1 is 1.26 bits per heavy atom. The minimum absolute atomic E-state index is 0.179. The predicted molar refractivity (Wildman–Crippen MR) is 103 cm³/mol. The van der Waals surface area contributed by atoms with Crippen molar-refractivity contribution in [3.8, 4) is 5.82 Å². The van der Waals surface area contributed by atoms with E-state index >= 15 is 0 Å². The molecular weight excluding hydrogens is 442 g/mol. The van der Waals surface area contributed by atoms with Crippen molar-refractivity contribution in [1.82, 2.24) is 24.6 Å². The van der Waals surface area contributed by atoms with E-state index in [-0.39, 0.29) is 4.57 Å². The summed E-state index contributed by atoms with van der Waals surface area (Å²) in [6, 6.07) is 6.38. The average Bonchev–Trinajstić information content (AvgIpc) is 3.01. The molecule has 3 rings (SSSR count). The molecule has 0 saturated carbocycles. The van der Waals surface area contributed by atoms with Gasteiger partial charge >= 0.3 is 11.9 Å². The van der Waals surface area contributed by atoms with E-state index in [0.717, 1.165) is 23.3 Å². The number of aromatic nitrogens is 4. The molecule has 12 heteroatoms. The van der Waals surface area contributed by atoms with Crippen LogP contribution in [0.5, 0.6) is 0 Å². The molecule has 1 atom stereocenters. The summed E-state index contributed by atoms with van der Waals surface area (Å²) in [6.45, 7) is 2.70. The highest BCUT2D eigenvalue weighted by atomic mass is 35.5. The quantitative estimate of drug-likeness (QED) is 0.595. The second-order valence-electron chi connectivity index (χ2n) is 6.73.